The fourth-order valence-electron chi connectivity index (χ4n) is 2.88. The molecule has 0 aliphatic heterocycles. The van der Waals surface area contributed by atoms with E-state index >= 15 is 0 Å². The lowest BCUT2D eigenvalue weighted by atomic mass is 10.0. The average Bonchev–Trinajstić information content (AvgIpc) is 2.96. The smallest absolute Gasteiger partial charge is 0.163 e. The van der Waals surface area contributed by atoms with Gasteiger partial charge in [0.25, 0.3) is 0 Å². The standard InChI is InChI=1S/C20H24N4O/c1-6-8-13(3)17(7-2)19-10-9-18(15(5)25)20(22-19)24-14(4)11-16(12-21)23-24/h6,8-11,15,25H,7H2,1-5H3/b8-6-,17-13-. The largest absolute Gasteiger partial charge is 0.389 e. The Bertz CT molecular complexity index is 866. The third-order valence-electron chi connectivity index (χ3n) is 4.11. The van der Waals surface area contributed by atoms with Crippen LogP contribution in [0.25, 0.3) is 11.4 Å². The first-order valence-corrected chi connectivity index (χ1v) is 8.41. The predicted molar refractivity (Wildman–Crippen MR) is 99.1 cm³/mol. The summed E-state index contributed by atoms with van der Waals surface area (Å²) in [5, 5.41) is 23.5. The Morgan fingerprint density at radius 2 is 2.16 bits per heavy atom. The molecule has 1 atom stereocenters. The Kier molecular flexibility index (Phi) is 5.89. The molecule has 2 heterocycles. The quantitative estimate of drug-likeness (QED) is 0.828. The first-order chi connectivity index (χ1) is 11.9. The summed E-state index contributed by atoms with van der Waals surface area (Å²) in [6.07, 6.45) is 4.23. The van der Waals surface area contributed by atoms with Gasteiger partial charge in [0, 0.05) is 11.3 Å². The van der Waals surface area contributed by atoms with Crippen LogP contribution in [0.3, 0.4) is 0 Å². The molecule has 0 fully saturated rings. The van der Waals surface area contributed by atoms with Crippen molar-refractivity contribution < 1.29 is 5.11 Å². The van der Waals surface area contributed by atoms with E-state index in [1.54, 1.807) is 17.7 Å². The minimum absolute atomic E-state index is 0.331. The third-order valence-corrected chi connectivity index (χ3v) is 4.11. The van der Waals surface area contributed by atoms with Crippen molar-refractivity contribution in [2.75, 3.05) is 0 Å². The second-order valence-corrected chi connectivity index (χ2v) is 5.99. The average molecular weight is 336 g/mol. The van der Waals surface area contributed by atoms with Crippen molar-refractivity contribution >= 4 is 5.57 Å². The number of aryl methyl sites for hydroxylation is 1. The summed E-state index contributed by atoms with van der Waals surface area (Å²) in [4.78, 5) is 4.79. The van der Waals surface area contributed by atoms with Gasteiger partial charge in [0.1, 0.15) is 6.07 Å². The van der Waals surface area contributed by atoms with Crippen LogP contribution in [0, 0.1) is 18.3 Å². The maximum Gasteiger partial charge on any atom is 0.163 e. The number of nitrogens with zero attached hydrogens (tertiary/aromatic N) is 4. The molecule has 0 aromatic carbocycles. The van der Waals surface area contributed by atoms with Crippen LogP contribution in [0.5, 0.6) is 0 Å². The van der Waals surface area contributed by atoms with Crippen LogP contribution < -0.4 is 0 Å². The van der Waals surface area contributed by atoms with Crippen LogP contribution >= 0.6 is 0 Å². The number of rotatable bonds is 5. The molecule has 2 rings (SSSR count). The van der Waals surface area contributed by atoms with Crippen LogP contribution in [-0.2, 0) is 0 Å². The van der Waals surface area contributed by atoms with Gasteiger partial charge in [0.2, 0.25) is 0 Å². The van der Waals surface area contributed by atoms with Gasteiger partial charge in [0.15, 0.2) is 11.5 Å². The summed E-state index contributed by atoms with van der Waals surface area (Å²) in [5.74, 6) is 0.561. The molecule has 130 valence electrons. The minimum Gasteiger partial charge on any atom is -0.389 e. The second kappa shape index (κ2) is 7.91. The zero-order valence-corrected chi connectivity index (χ0v) is 15.4. The van der Waals surface area contributed by atoms with Gasteiger partial charge in [-0.1, -0.05) is 25.1 Å². The number of nitriles is 1. The molecule has 5 heteroatoms. The first-order valence-electron chi connectivity index (χ1n) is 8.41. The number of aliphatic hydroxyl groups excluding tert-OH is 1. The van der Waals surface area contributed by atoms with Crippen molar-refractivity contribution in [2.45, 2.75) is 47.1 Å². The number of allylic oxidation sites excluding steroid dienone is 4. The molecule has 2 aromatic heterocycles. The maximum absolute atomic E-state index is 10.1. The van der Waals surface area contributed by atoms with E-state index in [-0.39, 0.29) is 0 Å². The topological polar surface area (TPSA) is 74.7 Å². The molecule has 0 radical (unpaired) electrons. The highest BCUT2D eigenvalue weighted by atomic mass is 16.3. The van der Waals surface area contributed by atoms with Crippen LogP contribution in [-0.4, -0.2) is 19.9 Å². The van der Waals surface area contributed by atoms with Crippen LogP contribution in [0.4, 0.5) is 0 Å². The fraction of sp³-hybridized carbons (Fsp3) is 0.350. The normalized spacial score (nSPS) is 13.6. The first kappa shape index (κ1) is 18.6. The van der Waals surface area contributed by atoms with Gasteiger partial charge in [-0.05, 0) is 57.4 Å². The molecule has 5 nitrogen and oxygen atoms in total. The highest BCUT2D eigenvalue weighted by Crippen LogP contribution is 2.27. The molecular weight excluding hydrogens is 312 g/mol. The van der Waals surface area contributed by atoms with E-state index in [9.17, 15) is 5.11 Å². The lowest BCUT2D eigenvalue weighted by molar-refractivity contribution is 0.198. The Labute approximate surface area is 149 Å². The second-order valence-electron chi connectivity index (χ2n) is 5.99. The number of pyridine rings is 1. The van der Waals surface area contributed by atoms with Gasteiger partial charge in [-0.3, -0.25) is 0 Å². The highest BCUT2D eigenvalue weighted by molar-refractivity contribution is 5.68. The summed E-state index contributed by atoms with van der Waals surface area (Å²) in [5.41, 5.74) is 4.96. The monoisotopic (exact) mass is 336 g/mol. The van der Waals surface area contributed by atoms with Gasteiger partial charge in [-0.2, -0.15) is 10.4 Å². The van der Waals surface area contributed by atoms with Crippen molar-refractivity contribution in [1.82, 2.24) is 14.8 Å². The Balaban J connectivity index is 2.71. The van der Waals surface area contributed by atoms with Crippen molar-refractivity contribution in [1.29, 1.82) is 5.26 Å². The number of hydrogen-bond donors (Lipinski definition) is 1. The molecule has 1 unspecified atom stereocenters. The van der Waals surface area contributed by atoms with E-state index in [0.717, 1.165) is 29.0 Å². The van der Waals surface area contributed by atoms with Crippen molar-refractivity contribution in [3.8, 4) is 11.9 Å². The summed E-state index contributed by atoms with van der Waals surface area (Å²) in [6, 6.07) is 7.57. The molecule has 0 saturated carbocycles. The third kappa shape index (κ3) is 3.86. The van der Waals surface area contributed by atoms with Gasteiger partial charge < -0.3 is 5.11 Å². The number of aromatic nitrogens is 3. The van der Waals surface area contributed by atoms with Gasteiger partial charge in [0.05, 0.1) is 11.8 Å². The molecule has 0 bridgehead atoms. The van der Waals surface area contributed by atoms with E-state index in [2.05, 4.69) is 25.0 Å². The predicted octanol–water partition coefficient (Wildman–Crippen LogP) is 4.26. The zero-order valence-electron chi connectivity index (χ0n) is 15.4. The van der Waals surface area contributed by atoms with Gasteiger partial charge in [-0.25, -0.2) is 9.67 Å². The van der Waals surface area contributed by atoms with E-state index in [1.807, 2.05) is 38.1 Å². The lowest BCUT2D eigenvalue weighted by Crippen LogP contribution is -2.10. The maximum atomic E-state index is 10.1. The molecule has 2 aromatic rings. The molecule has 1 N–H and O–H groups in total. The summed E-state index contributed by atoms with van der Waals surface area (Å²) in [7, 11) is 0. The Morgan fingerprint density at radius 1 is 1.44 bits per heavy atom. The number of hydrogen-bond acceptors (Lipinski definition) is 4. The highest BCUT2D eigenvalue weighted by Gasteiger charge is 2.17. The van der Waals surface area contributed by atoms with E-state index < -0.39 is 6.10 Å². The lowest BCUT2D eigenvalue weighted by Gasteiger charge is -2.16. The van der Waals surface area contributed by atoms with Crippen LogP contribution in [0.1, 0.15) is 62.9 Å². The van der Waals surface area contributed by atoms with E-state index in [4.69, 9.17) is 10.2 Å². The molecule has 25 heavy (non-hydrogen) atoms. The van der Waals surface area contributed by atoms with E-state index in [0.29, 0.717) is 17.1 Å². The van der Waals surface area contributed by atoms with Crippen molar-refractivity contribution in [3.63, 3.8) is 0 Å². The molecule has 0 spiro atoms. The van der Waals surface area contributed by atoms with Crippen LogP contribution in [0.2, 0.25) is 0 Å². The number of aliphatic hydroxyl groups is 1. The minimum atomic E-state index is -0.684. The van der Waals surface area contributed by atoms with Crippen LogP contribution in [0.15, 0.2) is 35.9 Å². The zero-order chi connectivity index (χ0) is 18.6. The Morgan fingerprint density at radius 3 is 2.68 bits per heavy atom. The van der Waals surface area contributed by atoms with Gasteiger partial charge in [-0.15, -0.1) is 0 Å². The van der Waals surface area contributed by atoms with Crippen molar-refractivity contribution in [2.24, 2.45) is 0 Å². The fourth-order valence-corrected chi connectivity index (χ4v) is 2.88. The van der Waals surface area contributed by atoms with Gasteiger partial charge >= 0.3 is 0 Å². The molecule has 0 saturated heterocycles. The summed E-state index contributed by atoms with van der Waals surface area (Å²) in [6.45, 7) is 9.72. The Hall–Kier alpha value is -2.71. The summed E-state index contributed by atoms with van der Waals surface area (Å²) < 4.78 is 1.63. The molecule has 0 amide bonds. The molecule has 0 aliphatic carbocycles. The summed E-state index contributed by atoms with van der Waals surface area (Å²) >= 11 is 0. The SMILES string of the molecule is C/C=C\C(C)=C(\CC)c1ccc(C(C)O)c(-n2nc(C#N)cc2C)n1. The van der Waals surface area contributed by atoms with Crippen molar-refractivity contribution in [3.05, 3.63) is 58.6 Å². The van der Waals surface area contributed by atoms with E-state index in [1.165, 1.54) is 0 Å². The molecular formula is C20H24N4O. The molecule has 0 aliphatic rings.